The second-order valence-electron chi connectivity index (χ2n) is 6.10. The SMILES string of the molecule is Cn1ccc(C(=O)N2CCC(c3cc4ncccc4c(=O)[nH]3)C2)n1. The monoisotopic (exact) mass is 323 g/mol. The lowest BCUT2D eigenvalue weighted by Crippen LogP contribution is -2.29. The number of carbonyl (C=O) groups excluding carboxylic acids is 1. The number of aryl methyl sites for hydroxylation is 1. The molecule has 0 spiro atoms. The van der Waals surface area contributed by atoms with Crippen molar-refractivity contribution in [2.24, 2.45) is 7.05 Å². The molecule has 1 saturated heterocycles. The summed E-state index contributed by atoms with van der Waals surface area (Å²) >= 11 is 0. The van der Waals surface area contributed by atoms with Gasteiger partial charge in [0.15, 0.2) is 0 Å². The number of nitrogens with one attached hydrogen (secondary N) is 1. The molecular formula is C17H17N5O2. The van der Waals surface area contributed by atoms with Crippen molar-refractivity contribution < 1.29 is 4.79 Å². The minimum Gasteiger partial charge on any atom is -0.337 e. The Balaban J connectivity index is 1.59. The van der Waals surface area contributed by atoms with E-state index >= 15 is 0 Å². The fourth-order valence-electron chi connectivity index (χ4n) is 3.22. The van der Waals surface area contributed by atoms with E-state index < -0.39 is 0 Å². The molecule has 1 aliphatic heterocycles. The Morgan fingerprint density at radius 3 is 3.04 bits per heavy atom. The number of hydrogen-bond donors (Lipinski definition) is 1. The van der Waals surface area contributed by atoms with Crippen LogP contribution in [-0.2, 0) is 7.05 Å². The smallest absolute Gasteiger partial charge is 0.274 e. The highest BCUT2D eigenvalue weighted by Gasteiger charge is 2.29. The Morgan fingerprint density at radius 2 is 2.25 bits per heavy atom. The largest absolute Gasteiger partial charge is 0.337 e. The van der Waals surface area contributed by atoms with E-state index in [1.54, 1.807) is 47.2 Å². The third-order valence-electron chi connectivity index (χ3n) is 4.48. The average molecular weight is 323 g/mol. The van der Waals surface area contributed by atoms with Gasteiger partial charge in [-0.1, -0.05) is 0 Å². The summed E-state index contributed by atoms with van der Waals surface area (Å²) < 4.78 is 1.62. The maximum Gasteiger partial charge on any atom is 0.274 e. The number of amides is 1. The molecule has 122 valence electrons. The van der Waals surface area contributed by atoms with Crippen LogP contribution < -0.4 is 5.56 Å². The van der Waals surface area contributed by atoms with Gasteiger partial charge in [-0.2, -0.15) is 5.10 Å². The first-order valence-corrected chi connectivity index (χ1v) is 7.89. The second kappa shape index (κ2) is 5.59. The lowest BCUT2D eigenvalue weighted by molar-refractivity contribution is 0.0784. The van der Waals surface area contributed by atoms with Crippen molar-refractivity contribution in [3.05, 3.63) is 58.4 Å². The quantitative estimate of drug-likeness (QED) is 0.770. The van der Waals surface area contributed by atoms with Crippen LogP contribution in [0.1, 0.15) is 28.5 Å². The van der Waals surface area contributed by atoms with Crippen LogP contribution in [0.3, 0.4) is 0 Å². The van der Waals surface area contributed by atoms with E-state index in [9.17, 15) is 9.59 Å². The number of rotatable bonds is 2. The van der Waals surface area contributed by atoms with Gasteiger partial charge in [-0.25, -0.2) is 0 Å². The summed E-state index contributed by atoms with van der Waals surface area (Å²) in [5.41, 5.74) is 1.84. The molecule has 7 heteroatoms. The van der Waals surface area contributed by atoms with Crippen molar-refractivity contribution in [2.45, 2.75) is 12.3 Å². The number of H-pyrrole nitrogens is 1. The number of fused-ring (bicyclic) bond motifs is 1. The summed E-state index contributed by atoms with van der Waals surface area (Å²) in [4.78, 5) is 33.7. The molecule has 0 aromatic carbocycles. The molecule has 0 aliphatic carbocycles. The van der Waals surface area contributed by atoms with E-state index in [2.05, 4.69) is 15.1 Å². The second-order valence-corrected chi connectivity index (χ2v) is 6.10. The summed E-state index contributed by atoms with van der Waals surface area (Å²) in [6.45, 7) is 1.23. The molecule has 1 aliphatic rings. The summed E-state index contributed by atoms with van der Waals surface area (Å²) in [6.07, 6.45) is 4.25. The zero-order chi connectivity index (χ0) is 16.7. The Morgan fingerprint density at radius 1 is 1.38 bits per heavy atom. The molecular weight excluding hydrogens is 306 g/mol. The van der Waals surface area contributed by atoms with Gasteiger partial charge in [-0.3, -0.25) is 19.3 Å². The van der Waals surface area contributed by atoms with Crippen LogP contribution in [0.15, 0.2) is 41.5 Å². The van der Waals surface area contributed by atoms with Crippen LogP contribution in [0.5, 0.6) is 0 Å². The van der Waals surface area contributed by atoms with Crippen molar-refractivity contribution in [1.29, 1.82) is 0 Å². The van der Waals surface area contributed by atoms with Crippen LogP contribution in [0.2, 0.25) is 0 Å². The van der Waals surface area contributed by atoms with Gasteiger partial charge in [0.1, 0.15) is 5.69 Å². The fourth-order valence-corrected chi connectivity index (χ4v) is 3.22. The summed E-state index contributed by atoms with van der Waals surface area (Å²) in [5.74, 6) is 0.0381. The van der Waals surface area contributed by atoms with Crippen LogP contribution in [0.25, 0.3) is 10.9 Å². The number of likely N-dealkylation sites (tertiary alicyclic amines) is 1. The third-order valence-corrected chi connectivity index (χ3v) is 4.48. The predicted octanol–water partition coefficient (Wildman–Crippen LogP) is 1.29. The van der Waals surface area contributed by atoms with Crippen molar-refractivity contribution in [2.75, 3.05) is 13.1 Å². The van der Waals surface area contributed by atoms with Gasteiger partial charge in [-0.05, 0) is 30.7 Å². The number of carbonyl (C=O) groups is 1. The number of pyridine rings is 2. The van der Waals surface area contributed by atoms with Gasteiger partial charge in [-0.15, -0.1) is 0 Å². The molecule has 0 radical (unpaired) electrons. The van der Waals surface area contributed by atoms with E-state index in [4.69, 9.17) is 0 Å². The minimum atomic E-state index is -0.134. The van der Waals surface area contributed by atoms with Crippen molar-refractivity contribution >= 4 is 16.8 Å². The highest BCUT2D eigenvalue weighted by molar-refractivity contribution is 5.92. The molecule has 1 N–H and O–H groups in total. The summed E-state index contributed by atoms with van der Waals surface area (Å²) in [6, 6.07) is 7.14. The fraction of sp³-hybridized carbons (Fsp3) is 0.294. The maximum absolute atomic E-state index is 12.5. The molecule has 1 unspecified atom stereocenters. The van der Waals surface area contributed by atoms with Gasteiger partial charge in [0, 0.05) is 44.1 Å². The van der Waals surface area contributed by atoms with Crippen molar-refractivity contribution in [1.82, 2.24) is 24.6 Å². The maximum atomic E-state index is 12.5. The molecule has 7 nitrogen and oxygen atoms in total. The number of nitrogens with zero attached hydrogens (tertiary/aromatic N) is 4. The summed E-state index contributed by atoms with van der Waals surface area (Å²) in [7, 11) is 1.79. The standard InChI is InChI=1S/C17H17N5O2/c1-21-7-5-13(20-21)17(24)22-8-4-11(10-22)14-9-15-12(16(23)19-14)3-2-6-18-15/h2-3,5-7,9,11H,4,8,10H2,1H3,(H,19,23). The molecule has 0 saturated carbocycles. The van der Waals surface area contributed by atoms with Gasteiger partial charge in [0.05, 0.1) is 10.9 Å². The topological polar surface area (TPSA) is 83.9 Å². The van der Waals surface area contributed by atoms with E-state index in [0.717, 1.165) is 12.1 Å². The Kier molecular flexibility index (Phi) is 3.41. The highest BCUT2D eigenvalue weighted by atomic mass is 16.2. The van der Waals surface area contributed by atoms with Crippen LogP contribution in [-0.4, -0.2) is 43.6 Å². The number of aromatic nitrogens is 4. The third kappa shape index (κ3) is 2.47. The van der Waals surface area contributed by atoms with E-state index in [1.807, 2.05) is 6.07 Å². The molecule has 0 bridgehead atoms. The van der Waals surface area contributed by atoms with Crippen molar-refractivity contribution in [3.8, 4) is 0 Å². The molecule has 3 aromatic heterocycles. The minimum absolute atomic E-state index is 0.0700. The first-order chi connectivity index (χ1) is 11.6. The molecule has 24 heavy (non-hydrogen) atoms. The van der Waals surface area contributed by atoms with Crippen LogP contribution in [0.4, 0.5) is 0 Å². The van der Waals surface area contributed by atoms with E-state index in [0.29, 0.717) is 29.7 Å². The average Bonchev–Trinajstić information content (AvgIpc) is 3.23. The van der Waals surface area contributed by atoms with Gasteiger partial charge in [0.2, 0.25) is 0 Å². The van der Waals surface area contributed by atoms with Gasteiger partial charge in [0.25, 0.3) is 11.5 Å². The molecule has 4 heterocycles. The Labute approximate surface area is 137 Å². The summed E-state index contributed by atoms with van der Waals surface area (Å²) in [5, 5.41) is 4.75. The lowest BCUT2D eigenvalue weighted by Gasteiger charge is -2.15. The lowest BCUT2D eigenvalue weighted by atomic mass is 10.0. The Hall–Kier alpha value is -2.96. The highest BCUT2D eigenvalue weighted by Crippen LogP contribution is 2.27. The van der Waals surface area contributed by atoms with E-state index in [-0.39, 0.29) is 17.4 Å². The zero-order valence-corrected chi connectivity index (χ0v) is 13.3. The molecule has 1 amide bonds. The number of aromatic amines is 1. The first kappa shape index (κ1) is 14.6. The van der Waals surface area contributed by atoms with Crippen LogP contribution in [0, 0.1) is 0 Å². The molecule has 1 fully saturated rings. The van der Waals surface area contributed by atoms with E-state index in [1.165, 1.54) is 0 Å². The number of hydrogen-bond acceptors (Lipinski definition) is 4. The van der Waals surface area contributed by atoms with Gasteiger partial charge >= 0.3 is 0 Å². The normalized spacial score (nSPS) is 17.5. The van der Waals surface area contributed by atoms with Crippen LogP contribution >= 0.6 is 0 Å². The zero-order valence-electron chi connectivity index (χ0n) is 13.3. The predicted molar refractivity (Wildman–Crippen MR) is 88.8 cm³/mol. The Bertz CT molecular complexity index is 974. The molecule has 1 atom stereocenters. The molecule has 4 rings (SSSR count). The van der Waals surface area contributed by atoms with Gasteiger partial charge < -0.3 is 9.88 Å². The molecule has 3 aromatic rings. The first-order valence-electron chi connectivity index (χ1n) is 7.89. The van der Waals surface area contributed by atoms with Crippen molar-refractivity contribution in [3.63, 3.8) is 0 Å².